The molecule has 2 aromatic carbocycles. The predicted octanol–water partition coefficient (Wildman–Crippen LogP) is 2.94. The second kappa shape index (κ2) is 8.26. The third-order valence-corrected chi connectivity index (χ3v) is 5.60. The van der Waals surface area contributed by atoms with Crippen molar-refractivity contribution in [2.45, 2.75) is 30.7 Å². The predicted molar refractivity (Wildman–Crippen MR) is 102 cm³/mol. The van der Waals surface area contributed by atoms with E-state index in [9.17, 15) is 8.42 Å². The van der Waals surface area contributed by atoms with Gasteiger partial charge in [-0.3, -0.25) is 0 Å². The lowest BCUT2D eigenvalue weighted by Gasteiger charge is -2.15. The Labute approximate surface area is 160 Å². The molecule has 1 aliphatic heterocycles. The van der Waals surface area contributed by atoms with Crippen LogP contribution in [0.15, 0.2) is 47.4 Å². The molecule has 1 heterocycles. The van der Waals surface area contributed by atoms with Gasteiger partial charge < -0.3 is 15.2 Å². The van der Waals surface area contributed by atoms with Crippen molar-refractivity contribution in [3.8, 4) is 11.5 Å². The number of nitrogens with one attached hydrogen (secondary N) is 1. The fraction of sp³-hybridized carbons (Fsp3) is 0.333. The lowest BCUT2D eigenvalue weighted by molar-refractivity contribution is 0.174. The van der Waals surface area contributed by atoms with Crippen molar-refractivity contribution in [3.63, 3.8) is 0 Å². The lowest BCUT2D eigenvalue weighted by Crippen LogP contribution is -2.32. The van der Waals surface area contributed by atoms with Gasteiger partial charge in [0, 0.05) is 18.7 Å². The molecular formula is C18H23ClN2O4S. The minimum Gasteiger partial charge on any atom is -0.454 e. The highest BCUT2D eigenvalue weighted by atomic mass is 35.5. The summed E-state index contributed by atoms with van der Waals surface area (Å²) in [6.45, 7) is 4.45. The summed E-state index contributed by atoms with van der Waals surface area (Å²) in [7, 11) is -3.67. The number of hydrogen-bond acceptors (Lipinski definition) is 5. The van der Waals surface area contributed by atoms with Crippen LogP contribution in [-0.4, -0.2) is 21.8 Å². The number of halogens is 1. The molecule has 1 atom stereocenters. The second-order valence-corrected chi connectivity index (χ2v) is 8.06. The van der Waals surface area contributed by atoms with E-state index in [0.29, 0.717) is 17.4 Å². The molecule has 0 saturated heterocycles. The zero-order valence-corrected chi connectivity index (χ0v) is 16.3. The molecule has 6 nitrogen and oxygen atoms in total. The van der Waals surface area contributed by atoms with Gasteiger partial charge in [0.2, 0.25) is 16.8 Å². The molecule has 0 saturated carbocycles. The molecule has 0 spiro atoms. The Balaban J connectivity index is 0.00000243. The summed E-state index contributed by atoms with van der Waals surface area (Å²) < 4.78 is 37.9. The number of hydrogen-bond donors (Lipinski definition) is 2. The quantitative estimate of drug-likeness (QED) is 0.780. The van der Waals surface area contributed by atoms with Gasteiger partial charge in [-0.2, -0.15) is 0 Å². The first kappa shape index (κ1) is 20.5. The number of ether oxygens (including phenoxy) is 2. The van der Waals surface area contributed by atoms with E-state index < -0.39 is 16.1 Å². The van der Waals surface area contributed by atoms with Crippen molar-refractivity contribution in [1.29, 1.82) is 0 Å². The fourth-order valence-corrected chi connectivity index (χ4v) is 3.65. The summed E-state index contributed by atoms with van der Waals surface area (Å²) in [4.78, 5) is 0.124. The van der Waals surface area contributed by atoms with Crippen LogP contribution in [0, 0.1) is 0 Å². The Kier molecular flexibility index (Phi) is 6.52. The number of nitrogens with two attached hydrogens (primary N) is 1. The van der Waals surface area contributed by atoms with E-state index in [1.54, 1.807) is 6.07 Å². The average molecular weight is 399 g/mol. The molecule has 0 radical (unpaired) electrons. The molecule has 8 heteroatoms. The Morgan fingerprint density at radius 2 is 1.65 bits per heavy atom. The minimum atomic E-state index is -3.67. The van der Waals surface area contributed by atoms with Gasteiger partial charge in [-0.05, 0) is 29.2 Å². The van der Waals surface area contributed by atoms with Crippen LogP contribution in [0.25, 0.3) is 0 Å². The zero-order chi connectivity index (χ0) is 18.0. The van der Waals surface area contributed by atoms with Crippen LogP contribution in [-0.2, 0) is 10.0 Å². The number of benzene rings is 2. The van der Waals surface area contributed by atoms with Gasteiger partial charge >= 0.3 is 0 Å². The first-order valence-corrected chi connectivity index (χ1v) is 9.60. The Morgan fingerprint density at radius 1 is 1.04 bits per heavy atom. The van der Waals surface area contributed by atoms with E-state index in [4.69, 9.17) is 15.2 Å². The lowest BCUT2D eigenvalue weighted by atomic mass is 9.99. The van der Waals surface area contributed by atoms with E-state index in [2.05, 4.69) is 18.6 Å². The van der Waals surface area contributed by atoms with Crippen molar-refractivity contribution >= 4 is 22.4 Å². The summed E-state index contributed by atoms with van der Waals surface area (Å²) in [5.74, 6) is 1.41. The molecule has 1 unspecified atom stereocenters. The molecule has 3 N–H and O–H groups in total. The molecule has 1 aliphatic rings. The van der Waals surface area contributed by atoms with Crippen molar-refractivity contribution in [2.24, 2.45) is 5.73 Å². The van der Waals surface area contributed by atoms with Gasteiger partial charge in [-0.15, -0.1) is 12.4 Å². The summed E-state index contributed by atoms with van der Waals surface area (Å²) >= 11 is 0. The topological polar surface area (TPSA) is 90.7 Å². The summed E-state index contributed by atoms with van der Waals surface area (Å²) in [5, 5.41) is 0. The smallest absolute Gasteiger partial charge is 0.240 e. The molecule has 0 amide bonds. The van der Waals surface area contributed by atoms with Gasteiger partial charge in [-0.1, -0.05) is 38.1 Å². The normalized spacial score (nSPS) is 14.2. The van der Waals surface area contributed by atoms with Crippen molar-refractivity contribution in [3.05, 3.63) is 53.6 Å². The maximum Gasteiger partial charge on any atom is 0.240 e. The van der Waals surface area contributed by atoms with Crippen molar-refractivity contribution < 1.29 is 17.9 Å². The van der Waals surface area contributed by atoms with Crippen LogP contribution >= 0.6 is 12.4 Å². The molecule has 0 aromatic heterocycles. The molecule has 3 rings (SSSR count). The number of sulfonamides is 1. The minimum absolute atomic E-state index is 0. The van der Waals surface area contributed by atoms with Gasteiger partial charge in [0.15, 0.2) is 11.5 Å². The summed E-state index contributed by atoms with van der Waals surface area (Å²) in [5.41, 5.74) is 8.23. The van der Waals surface area contributed by atoms with Crippen LogP contribution in [0.3, 0.4) is 0 Å². The molecule has 26 heavy (non-hydrogen) atoms. The summed E-state index contributed by atoms with van der Waals surface area (Å²) in [6, 6.07) is 12.0. The molecule has 142 valence electrons. The standard InChI is InChI=1S/C18H22N2O4S.ClH/c1-12(2)13-3-5-14(6-4-13)16(19)10-20-25(21,22)15-7-8-17-18(9-15)24-11-23-17;/h3-9,12,16,20H,10-11,19H2,1-2H3;1H. The Bertz CT molecular complexity index is 854. The van der Waals surface area contributed by atoms with E-state index in [0.717, 1.165) is 5.56 Å². The number of fused-ring (bicyclic) bond motifs is 1. The summed E-state index contributed by atoms with van der Waals surface area (Å²) in [6.07, 6.45) is 0. The van der Waals surface area contributed by atoms with Gasteiger partial charge in [0.25, 0.3) is 0 Å². The van der Waals surface area contributed by atoms with Crippen molar-refractivity contribution in [1.82, 2.24) is 4.72 Å². The van der Waals surface area contributed by atoms with Crippen LogP contribution in [0.2, 0.25) is 0 Å². The number of rotatable bonds is 6. The monoisotopic (exact) mass is 398 g/mol. The fourth-order valence-electron chi connectivity index (χ4n) is 2.57. The SMILES string of the molecule is CC(C)c1ccc(C(N)CNS(=O)(=O)c2ccc3c(c2)OCO3)cc1.Cl. The molecule has 0 aliphatic carbocycles. The second-order valence-electron chi connectivity index (χ2n) is 6.29. The Morgan fingerprint density at radius 3 is 2.31 bits per heavy atom. The largest absolute Gasteiger partial charge is 0.454 e. The third-order valence-electron chi connectivity index (χ3n) is 4.18. The maximum absolute atomic E-state index is 12.4. The first-order valence-electron chi connectivity index (χ1n) is 8.11. The van der Waals surface area contributed by atoms with E-state index in [-0.39, 0.29) is 30.6 Å². The Hall–Kier alpha value is -1.80. The molecular weight excluding hydrogens is 376 g/mol. The van der Waals surface area contributed by atoms with Gasteiger partial charge in [0.05, 0.1) is 4.90 Å². The third kappa shape index (κ3) is 4.48. The average Bonchev–Trinajstić information content (AvgIpc) is 3.07. The van der Waals surface area contributed by atoms with E-state index in [1.165, 1.54) is 17.7 Å². The van der Waals surface area contributed by atoms with Crippen LogP contribution in [0.4, 0.5) is 0 Å². The zero-order valence-electron chi connectivity index (χ0n) is 14.6. The highest BCUT2D eigenvalue weighted by Crippen LogP contribution is 2.33. The highest BCUT2D eigenvalue weighted by Gasteiger charge is 2.21. The van der Waals surface area contributed by atoms with Crippen LogP contribution in [0.5, 0.6) is 11.5 Å². The molecule has 0 fully saturated rings. The first-order chi connectivity index (χ1) is 11.9. The molecule has 0 bridgehead atoms. The van der Waals surface area contributed by atoms with Crippen LogP contribution in [0.1, 0.15) is 36.9 Å². The molecule has 2 aromatic rings. The maximum atomic E-state index is 12.4. The van der Waals surface area contributed by atoms with Gasteiger partial charge in [0.1, 0.15) is 0 Å². The van der Waals surface area contributed by atoms with Gasteiger partial charge in [-0.25, -0.2) is 13.1 Å². The van der Waals surface area contributed by atoms with E-state index >= 15 is 0 Å². The highest BCUT2D eigenvalue weighted by molar-refractivity contribution is 7.89. The van der Waals surface area contributed by atoms with E-state index in [1.807, 2.05) is 24.3 Å². The van der Waals surface area contributed by atoms with Crippen LogP contribution < -0.4 is 19.9 Å². The van der Waals surface area contributed by atoms with Crippen molar-refractivity contribution in [2.75, 3.05) is 13.3 Å².